The van der Waals surface area contributed by atoms with E-state index < -0.39 is 0 Å². The number of halogens is 1. The molecule has 1 unspecified atom stereocenters. The summed E-state index contributed by atoms with van der Waals surface area (Å²) in [4.78, 5) is 13.5. The molecule has 1 heterocycles. The van der Waals surface area contributed by atoms with Gasteiger partial charge in [-0.05, 0) is 31.0 Å². The quantitative estimate of drug-likeness (QED) is 0.866. The first-order valence-corrected chi connectivity index (χ1v) is 6.42. The molecule has 1 aliphatic rings. The van der Waals surface area contributed by atoms with Crippen LogP contribution >= 0.6 is 15.9 Å². The number of nitrogens with zero attached hydrogens (tertiary/aromatic N) is 1. The van der Waals surface area contributed by atoms with Crippen LogP contribution in [0.5, 0.6) is 5.75 Å². The van der Waals surface area contributed by atoms with Gasteiger partial charge in [0, 0.05) is 23.6 Å². The van der Waals surface area contributed by atoms with Crippen LogP contribution in [0.4, 0.5) is 4.79 Å². The Labute approximate surface area is 109 Å². The van der Waals surface area contributed by atoms with Crippen LogP contribution in [0.15, 0.2) is 28.7 Å². The summed E-state index contributed by atoms with van der Waals surface area (Å²) in [7, 11) is 0. The first-order chi connectivity index (χ1) is 8.15. The molecular formula is C12H15BrN2O2. The number of piperidine rings is 1. The Kier molecular flexibility index (Phi) is 4.02. The molecule has 0 aliphatic carbocycles. The van der Waals surface area contributed by atoms with E-state index in [1.165, 1.54) is 0 Å². The molecule has 2 rings (SSSR count). The first-order valence-electron chi connectivity index (χ1n) is 5.63. The van der Waals surface area contributed by atoms with Crippen molar-refractivity contribution in [3.05, 3.63) is 28.7 Å². The first kappa shape index (κ1) is 12.4. The Morgan fingerprint density at radius 3 is 3.06 bits per heavy atom. The lowest BCUT2D eigenvalue weighted by molar-refractivity contribution is 0.137. The maximum Gasteiger partial charge on any atom is 0.415 e. The summed E-state index contributed by atoms with van der Waals surface area (Å²) in [5.41, 5.74) is 5.82. The standard InChI is InChI=1S/C12H15BrN2O2/c13-9-3-1-5-11(7-9)17-12(16)15-6-2-4-10(14)8-15/h1,3,5,7,10H,2,4,6,8,14H2. The van der Waals surface area contributed by atoms with Gasteiger partial charge in [0.15, 0.2) is 0 Å². The van der Waals surface area contributed by atoms with Gasteiger partial charge in [-0.25, -0.2) is 4.79 Å². The van der Waals surface area contributed by atoms with Gasteiger partial charge in [0.25, 0.3) is 0 Å². The number of hydrogen-bond donors (Lipinski definition) is 1. The fraction of sp³-hybridized carbons (Fsp3) is 0.417. The van der Waals surface area contributed by atoms with Crippen LogP contribution in [0.3, 0.4) is 0 Å². The van der Waals surface area contributed by atoms with Gasteiger partial charge in [-0.15, -0.1) is 0 Å². The third-order valence-electron chi connectivity index (χ3n) is 2.72. The number of carbonyl (C=O) groups excluding carboxylic acids is 1. The van der Waals surface area contributed by atoms with Crippen LogP contribution in [-0.4, -0.2) is 30.1 Å². The minimum atomic E-state index is -0.321. The molecular weight excluding hydrogens is 284 g/mol. The van der Waals surface area contributed by atoms with Crippen molar-refractivity contribution in [2.75, 3.05) is 13.1 Å². The van der Waals surface area contributed by atoms with Crippen molar-refractivity contribution in [2.24, 2.45) is 5.73 Å². The van der Waals surface area contributed by atoms with E-state index in [-0.39, 0.29) is 12.1 Å². The minimum absolute atomic E-state index is 0.0683. The smallest absolute Gasteiger partial charge is 0.410 e. The minimum Gasteiger partial charge on any atom is -0.410 e. The second-order valence-corrected chi connectivity index (χ2v) is 5.09. The zero-order valence-corrected chi connectivity index (χ0v) is 11.0. The molecule has 1 atom stereocenters. The lowest BCUT2D eigenvalue weighted by atomic mass is 10.1. The van der Waals surface area contributed by atoms with Crippen LogP contribution in [0.25, 0.3) is 0 Å². The molecule has 92 valence electrons. The molecule has 0 bridgehead atoms. The molecule has 0 radical (unpaired) electrons. The molecule has 1 amide bonds. The highest BCUT2D eigenvalue weighted by molar-refractivity contribution is 9.10. The predicted molar refractivity (Wildman–Crippen MR) is 68.9 cm³/mol. The van der Waals surface area contributed by atoms with E-state index in [0.29, 0.717) is 12.3 Å². The van der Waals surface area contributed by atoms with Crippen molar-refractivity contribution in [1.82, 2.24) is 4.90 Å². The van der Waals surface area contributed by atoms with E-state index in [9.17, 15) is 4.79 Å². The van der Waals surface area contributed by atoms with E-state index in [1.54, 1.807) is 17.0 Å². The summed E-state index contributed by atoms with van der Waals surface area (Å²) in [6.07, 6.45) is 1.59. The Balaban J connectivity index is 1.96. The second kappa shape index (κ2) is 5.51. The summed E-state index contributed by atoms with van der Waals surface area (Å²) in [6, 6.07) is 7.30. The van der Waals surface area contributed by atoms with Crippen molar-refractivity contribution in [3.8, 4) is 5.75 Å². The number of ether oxygens (including phenoxy) is 1. The Morgan fingerprint density at radius 2 is 2.35 bits per heavy atom. The average Bonchev–Trinajstić information content (AvgIpc) is 2.29. The third kappa shape index (κ3) is 3.44. The van der Waals surface area contributed by atoms with E-state index in [4.69, 9.17) is 10.5 Å². The molecule has 1 aromatic rings. The van der Waals surface area contributed by atoms with E-state index in [1.807, 2.05) is 12.1 Å². The summed E-state index contributed by atoms with van der Waals surface area (Å²) >= 11 is 3.33. The van der Waals surface area contributed by atoms with Gasteiger partial charge in [0.1, 0.15) is 5.75 Å². The van der Waals surface area contributed by atoms with Crippen LogP contribution < -0.4 is 10.5 Å². The summed E-state index contributed by atoms with van der Waals surface area (Å²) in [5, 5.41) is 0. The van der Waals surface area contributed by atoms with Crippen molar-refractivity contribution >= 4 is 22.0 Å². The van der Waals surface area contributed by atoms with E-state index in [2.05, 4.69) is 15.9 Å². The number of hydrogen-bond acceptors (Lipinski definition) is 3. The fourth-order valence-electron chi connectivity index (χ4n) is 1.87. The summed E-state index contributed by atoms with van der Waals surface area (Å²) in [5.74, 6) is 0.545. The number of benzene rings is 1. The molecule has 1 fully saturated rings. The number of nitrogens with two attached hydrogens (primary N) is 1. The molecule has 17 heavy (non-hydrogen) atoms. The van der Waals surface area contributed by atoms with Crippen LogP contribution in [0.1, 0.15) is 12.8 Å². The molecule has 1 aliphatic heterocycles. The Morgan fingerprint density at radius 1 is 1.53 bits per heavy atom. The zero-order chi connectivity index (χ0) is 12.3. The number of likely N-dealkylation sites (tertiary alicyclic amines) is 1. The maximum absolute atomic E-state index is 11.9. The molecule has 0 saturated carbocycles. The number of carbonyl (C=O) groups is 1. The van der Waals surface area contributed by atoms with E-state index >= 15 is 0 Å². The van der Waals surface area contributed by atoms with Crippen LogP contribution in [-0.2, 0) is 0 Å². The Bertz CT molecular complexity index is 411. The predicted octanol–water partition coefficient (Wildman–Crippen LogP) is 2.37. The van der Waals surface area contributed by atoms with Gasteiger partial charge in [0.05, 0.1) is 0 Å². The van der Waals surface area contributed by atoms with Crippen LogP contribution in [0.2, 0.25) is 0 Å². The van der Waals surface area contributed by atoms with Gasteiger partial charge in [-0.1, -0.05) is 22.0 Å². The van der Waals surface area contributed by atoms with Gasteiger partial charge < -0.3 is 15.4 Å². The van der Waals surface area contributed by atoms with Crippen molar-refractivity contribution in [2.45, 2.75) is 18.9 Å². The van der Waals surface area contributed by atoms with Gasteiger partial charge in [-0.3, -0.25) is 0 Å². The van der Waals surface area contributed by atoms with Crippen LogP contribution in [0, 0.1) is 0 Å². The molecule has 2 N–H and O–H groups in total. The fourth-order valence-corrected chi connectivity index (χ4v) is 2.25. The summed E-state index contributed by atoms with van der Waals surface area (Å²) in [6.45, 7) is 1.30. The SMILES string of the molecule is NC1CCCN(C(=O)Oc2cccc(Br)c2)C1. The normalized spacial score (nSPS) is 20.1. The maximum atomic E-state index is 11.9. The molecule has 0 aromatic heterocycles. The largest absolute Gasteiger partial charge is 0.415 e. The highest BCUT2D eigenvalue weighted by atomic mass is 79.9. The second-order valence-electron chi connectivity index (χ2n) is 4.17. The van der Waals surface area contributed by atoms with Crippen molar-refractivity contribution in [3.63, 3.8) is 0 Å². The number of rotatable bonds is 1. The molecule has 1 saturated heterocycles. The van der Waals surface area contributed by atoms with Crippen molar-refractivity contribution < 1.29 is 9.53 Å². The molecule has 4 nitrogen and oxygen atoms in total. The van der Waals surface area contributed by atoms with Gasteiger partial charge in [-0.2, -0.15) is 0 Å². The average molecular weight is 299 g/mol. The molecule has 5 heteroatoms. The van der Waals surface area contributed by atoms with Gasteiger partial charge >= 0.3 is 6.09 Å². The van der Waals surface area contributed by atoms with Gasteiger partial charge in [0.2, 0.25) is 0 Å². The highest BCUT2D eigenvalue weighted by Gasteiger charge is 2.22. The number of amides is 1. The molecule has 1 aromatic carbocycles. The van der Waals surface area contributed by atoms with Crippen molar-refractivity contribution in [1.29, 1.82) is 0 Å². The lowest BCUT2D eigenvalue weighted by Gasteiger charge is -2.29. The monoisotopic (exact) mass is 298 g/mol. The topological polar surface area (TPSA) is 55.6 Å². The van der Waals surface area contributed by atoms with E-state index in [0.717, 1.165) is 23.9 Å². The highest BCUT2D eigenvalue weighted by Crippen LogP contribution is 2.19. The zero-order valence-electron chi connectivity index (χ0n) is 9.43. The molecule has 0 spiro atoms. The summed E-state index contributed by atoms with van der Waals surface area (Å²) < 4.78 is 6.17. The third-order valence-corrected chi connectivity index (χ3v) is 3.21. The Hall–Kier alpha value is -1.07. The lowest BCUT2D eigenvalue weighted by Crippen LogP contribution is -2.46.